The first-order chi connectivity index (χ1) is 7.50. The van der Waals surface area contributed by atoms with Gasteiger partial charge >= 0.3 is 0 Å². The van der Waals surface area contributed by atoms with Crippen molar-refractivity contribution in [3.63, 3.8) is 0 Å². The molecular weight excluding hydrogens is 312 g/mol. The van der Waals surface area contributed by atoms with Gasteiger partial charge in [-0.15, -0.1) is 0 Å². The molecule has 0 atom stereocenters. The van der Waals surface area contributed by atoms with Crippen LogP contribution in [0.25, 0.3) is 0 Å². The second-order valence-corrected chi connectivity index (χ2v) is 4.91. The van der Waals surface area contributed by atoms with Crippen molar-refractivity contribution in [2.24, 2.45) is 5.73 Å². The Balaban J connectivity index is 2.63. The van der Waals surface area contributed by atoms with Gasteiger partial charge in [-0.2, -0.15) is 0 Å². The van der Waals surface area contributed by atoms with Crippen molar-refractivity contribution in [1.82, 2.24) is 5.32 Å². The topological polar surface area (TPSA) is 55.1 Å². The third-order valence-electron chi connectivity index (χ3n) is 1.83. The van der Waals surface area contributed by atoms with Crippen LogP contribution in [0.5, 0.6) is 0 Å². The van der Waals surface area contributed by atoms with E-state index >= 15 is 0 Å². The molecule has 3 N–H and O–H groups in total. The molecule has 0 saturated heterocycles. The summed E-state index contributed by atoms with van der Waals surface area (Å²) < 4.78 is 0.660. The van der Waals surface area contributed by atoms with Crippen LogP contribution in [-0.2, 0) is 0 Å². The molecule has 0 saturated carbocycles. The average Bonchev–Trinajstić information content (AvgIpc) is 2.16. The van der Waals surface area contributed by atoms with Gasteiger partial charge in [-0.3, -0.25) is 4.79 Å². The second-order valence-electron chi connectivity index (χ2n) is 3.10. The zero-order chi connectivity index (χ0) is 12.1. The quantitative estimate of drug-likeness (QED) is 0.838. The minimum Gasteiger partial charge on any atom is -0.393 e. The van der Waals surface area contributed by atoms with Gasteiger partial charge in [-0.25, -0.2) is 0 Å². The maximum Gasteiger partial charge on any atom is 0.252 e. The monoisotopic (exact) mass is 320 g/mol. The van der Waals surface area contributed by atoms with E-state index in [1.165, 1.54) is 0 Å². The first-order valence-electron chi connectivity index (χ1n) is 4.52. The molecule has 1 amide bonds. The third kappa shape index (κ3) is 4.08. The molecule has 0 aromatic heterocycles. The molecule has 0 aliphatic carbocycles. The highest BCUT2D eigenvalue weighted by atomic mass is 79.9. The molecule has 1 rings (SSSR count). The zero-order valence-electron chi connectivity index (χ0n) is 8.30. The number of thiocarbonyl (C=S) groups is 1. The Morgan fingerprint density at radius 3 is 2.81 bits per heavy atom. The Hall–Kier alpha value is -0.650. The largest absolute Gasteiger partial charge is 0.393 e. The molecule has 16 heavy (non-hydrogen) atoms. The van der Waals surface area contributed by atoms with Crippen LogP contribution in [0.1, 0.15) is 16.8 Å². The standard InChI is InChI=1S/C10H10BrClN2OS/c11-8-5-6(12)1-2-7(8)10(15)14-4-3-9(13)16/h1-2,5H,3-4H2,(H2,13,16)(H,14,15). The molecule has 3 nitrogen and oxygen atoms in total. The predicted octanol–water partition coefficient (Wildman–Crippen LogP) is 2.51. The van der Waals surface area contributed by atoms with Gasteiger partial charge in [0.2, 0.25) is 0 Å². The summed E-state index contributed by atoms with van der Waals surface area (Å²) in [5.74, 6) is -0.181. The van der Waals surface area contributed by atoms with E-state index in [4.69, 9.17) is 29.6 Å². The van der Waals surface area contributed by atoms with Crippen molar-refractivity contribution >= 4 is 50.6 Å². The highest BCUT2D eigenvalue weighted by Crippen LogP contribution is 2.21. The van der Waals surface area contributed by atoms with E-state index in [1.54, 1.807) is 18.2 Å². The fourth-order valence-electron chi connectivity index (χ4n) is 1.07. The van der Waals surface area contributed by atoms with E-state index in [9.17, 15) is 4.79 Å². The number of halogens is 2. The second kappa shape index (κ2) is 6.18. The minimum atomic E-state index is -0.181. The number of carbonyl (C=O) groups excluding carboxylic acids is 1. The fourth-order valence-corrected chi connectivity index (χ4v) is 2.03. The molecule has 0 unspecified atom stereocenters. The van der Waals surface area contributed by atoms with Crippen LogP contribution in [-0.4, -0.2) is 17.4 Å². The number of hydrogen-bond acceptors (Lipinski definition) is 2. The molecule has 86 valence electrons. The van der Waals surface area contributed by atoms with E-state index in [1.807, 2.05) is 0 Å². The molecule has 0 fully saturated rings. The van der Waals surface area contributed by atoms with Crippen LogP contribution < -0.4 is 11.1 Å². The van der Waals surface area contributed by atoms with Gasteiger partial charge in [0.05, 0.1) is 10.6 Å². The summed E-state index contributed by atoms with van der Waals surface area (Å²) in [6.45, 7) is 0.434. The van der Waals surface area contributed by atoms with Gasteiger partial charge in [-0.1, -0.05) is 23.8 Å². The number of rotatable bonds is 4. The van der Waals surface area contributed by atoms with Gasteiger partial charge in [0.1, 0.15) is 0 Å². The SMILES string of the molecule is NC(=S)CCNC(=O)c1ccc(Cl)cc1Br. The van der Waals surface area contributed by atoms with Gasteiger partial charge in [0.15, 0.2) is 0 Å². The molecule has 0 spiro atoms. The van der Waals surface area contributed by atoms with Crippen LogP contribution in [0.4, 0.5) is 0 Å². The van der Waals surface area contributed by atoms with E-state index in [0.29, 0.717) is 33.0 Å². The lowest BCUT2D eigenvalue weighted by atomic mass is 10.2. The maximum absolute atomic E-state index is 11.7. The molecule has 0 aliphatic heterocycles. The van der Waals surface area contributed by atoms with E-state index in [0.717, 1.165) is 0 Å². The molecule has 0 radical (unpaired) electrons. The lowest BCUT2D eigenvalue weighted by molar-refractivity contribution is 0.0954. The number of nitrogens with two attached hydrogens (primary N) is 1. The normalized spacial score (nSPS) is 9.88. The Morgan fingerprint density at radius 2 is 2.25 bits per heavy atom. The maximum atomic E-state index is 11.7. The van der Waals surface area contributed by atoms with E-state index in [-0.39, 0.29) is 5.91 Å². The molecule has 0 heterocycles. The van der Waals surface area contributed by atoms with Crippen LogP contribution in [0, 0.1) is 0 Å². The lowest BCUT2D eigenvalue weighted by Gasteiger charge is -2.06. The number of benzene rings is 1. The number of nitrogens with one attached hydrogen (secondary N) is 1. The van der Waals surface area contributed by atoms with Crippen LogP contribution in [0.3, 0.4) is 0 Å². The smallest absolute Gasteiger partial charge is 0.252 e. The summed E-state index contributed by atoms with van der Waals surface area (Å²) in [6.07, 6.45) is 0.492. The number of amides is 1. The summed E-state index contributed by atoms with van der Waals surface area (Å²) in [7, 11) is 0. The van der Waals surface area contributed by atoms with Crippen molar-refractivity contribution in [2.75, 3.05) is 6.54 Å². The summed E-state index contributed by atoms with van der Waals surface area (Å²) in [6, 6.07) is 4.99. The van der Waals surface area contributed by atoms with Crippen LogP contribution >= 0.6 is 39.7 Å². The molecular formula is C10H10BrClN2OS. The van der Waals surface area contributed by atoms with Crippen LogP contribution in [0.15, 0.2) is 22.7 Å². The summed E-state index contributed by atoms with van der Waals surface area (Å²) in [5.41, 5.74) is 5.86. The first-order valence-corrected chi connectivity index (χ1v) is 6.10. The molecule has 1 aromatic rings. The molecule has 1 aromatic carbocycles. The van der Waals surface area contributed by atoms with Gasteiger partial charge in [0, 0.05) is 22.5 Å². The summed E-state index contributed by atoms with van der Waals surface area (Å²) in [5, 5.41) is 3.29. The minimum absolute atomic E-state index is 0.181. The Labute approximate surface area is 112 Å². The summed E-state index contributed by atoms with van der Waals surface area (Å²) in [4.78, 5) is 12.1. The molecule has 0 bridgehead atoms. The highest BCUT2D eigenvalue weighted by Gasteiger charge is 2.09. The Morgan fingerprint density at radius 1 is 1.56 bits per heavy atom. The van der Waals surface area contributed by atoms with Gasteiger partial charge < -0.3 is 11.1 Å². The molecule has 0 aliphatic rings. The number of carbonyl (C=O) groups is 1. The number of hydrogen-bond donors (Lipinski definition) is 2. The Kier molecular flexibility index (Phi) is 5.18. The molecule has 6 heteroatoms. The van der Waals surface area contributed by atoms with E-state index in [2.05, 4.69) is 21.2 Å². The fraction of sp³-hybridized carbons (Fsp3) is 0.200. The van der Waals surface area contributed by atoms with Gasteiger partial charge in [-0.05, 0) is 34.1 Å². The van der Waals surface area contributed by atoms with E-state index < -0.39 is 0 Å². The van der Waals surface area contributed by atoms with Crippen molar-refractivity contribution in [3.8, 4) is 0 Å². The highest BCUT2D eigenvalue weighted by molar-refractivity contribution is 9.10. The lowest BCUT2D eigenvalue weighted by Crippen LogP contribution is -2.27. The van der Waals surface area contributed by atoms with Crippen molar-refractivity contribution in [2.45, 2.75) is 6.42 Å². The Bertz CT molecular complexity index is 425. The van der Waals surface area contributed by atoms with Gasteiger partial charge in [0.25, 0.3) is 5.91 Å². The average molecular weight is 322 g/mol. The first kappa shape index (κ1) is 13.4. The van der Waals surface area contributed by atoms with Crippen molar-refractivity contribution in [3.05, 3.63) is 33.3 Å². The zero-order valence-corrected chi connectivity index (χ0v) is 11.5. The van der Waals surface area contributed by atoms with Crippen molar-refractivity contribution < 1.29 is 4.79 Å². The van der Waals surface area contributed by atoms with Crippen molar-refractivity contribution in [1.29, 1.82) is 0 Å². The van der Waals surface area contributed by atoms with Crippen LogP contribution in [0.2, 0.25) is 5.02 Å². The predicted molar refractivity (Wildman–Crippen MR) is 72.9 cm³/mol. The summed E-state index contributed by atoms with van der Waals surface area (Å²) >= 11 is 13.8. The third-order valence-corrected chi connectivity index (χ3v) is 2.93.